The van der Waals surface area contributed by atoms with Gasteiger partial charge in [0.25, 0.3) is 0 Å². The molecule has 0 aromatic rings. The van der Waals surface area contributed by atoms with E-state index in [0.717, 1.165) is 32.0 Å². The molecule has 0 bridgehead atoms. The maximum absolute atomic E-state index is 11.7. The number of rotatable bonds is 10. The first-order chi connectivity index (χ1) is 11.6. The standard InChI is InChI=1S/C19H38N4O/c1-5-7-8-9-10-11-16(3)14-21-19(20-4)22-17-12-13-23(15-17)18(24)6-2/h16-17H,5-15H2,1-4H3,(H2,20,21,22). The van der Waals surface area contributed by atoms with Gasteiger partial charge in [-0.05, 0) is 18.8 Å². The Hall–Kier alpha value is -1.26. The topological polar surface area (TPSA) is 56.7 Å². The van der Waals surface area contributed by atoms with Gasteiger partial charge in [0.15, 0.2) is 5.96 Å². The molecule has 0 spiro atoms. The zero-order valence-corrected chi connectivity index (χ0v) is 16.2. The molecule has 2 N–H and O–H groups in total. The van der Waals surface area contributed by atoms with Crippen LogP contribution >= 0.6 is 0 Å². The van der Waals surface area contributed by atoms with Crippen LogP contribution in [0.15, 0.2) is 4.99 Å². The summed E-state index contributed by atoms with van der Waals surface area (Å²) in [5.74, 6) is 1.77. The molecule has 2 unspecified atom stereocenters. The van der Waals surface area contributed by atoms with Crippen molar-refractivity contribution < 1.29 is 4.79 Å². The van der Waals surface area contributed by atoms with Gasteiger partial charge < -0.3 is 15.5 Å². The molecule has 5 nitrogen and oxygen atoms in total. The number of carbonyl (C=O) groups excluding carboxylic acids is 1. The summed E-state index contributed by atoms with van der Waals surface area (Å²) in [6.07, 6.45) is 9.59. The molecule has 0 aliphatic carbocycles. The van der Waals surface area contributed by atoms with E-state index in [2.05, 4.69) is 29.5 Å². The van der Waals surface area contributed by atoms with E-state index >= 15 is 0 Å². The van der Waals surface area contributed by atoms with Crippen molar-refractivity contribution in [3.63, 3.8) is 0 Å². The number of unbranched alkanes of at least 4 members (excludes halogenated alkanes) is 4. The van der Waals surface area contributed by atoms with Crippen LogP contribution in [0, 0.1) is 5.92 Å². The average molecular weight is 339 g/mol. The Balaban J connectivity index is 2.20. The minimum Gasteiger partial charge on any atom is -0.356 e. The van der Waals surface area contributed by atoms with Crippen molar-refractivity contribution in [2.24, 2.45) is 10.9 Å². The molecule has 0 radical (unpaired) electrons. The number of hydrogen-bond acceptors (Lipinski definition) is 2. The summed E-state index contributed by atoms with van der Waals surface area (Å²) in [5.41, 5.74) is 0. The second-order valence-corrected chi connectivity index (χ2v) is 7.08. The van der Waals surface area contributed by atoms with E-state index in [-0.39, 0.29) is 5.91 Å². The predicted octanol–water partition coefficient (Wildman–Crippen LogP) is 3.16. The predicted molar refractivity (Wildman–Crippen MR) is 102 cm³/mol. The first kappa shape index (κ1) is 20.8. The molecule has 1 amide bonds. The number of guanidine groups is 1. The third-order valence-electron chi connectivity index (χ3n) is 4.83. The van der Waals surface area contributed by atoms with Crippen LogP contribution in [0.4, 0.5) is 0 Å². The lowest BCUT2D eigenvalue weighted by atomic mass is 10.0. The van der Waals surface area contributed by atoms with Crippen LogP contribution in [-0.2, 0) is 4.79 Å². The number of nitrogens with zero attached hydrogens (tertiary/aromatic N) is 2. The van der Waals surface area contributed by atoms with Gasteiger partial charge in [-0.25, -0.2) is 0 Å². The van der Waals surface area contributed by atoms with Crippen molar-refractivity contribution in [3.05, 3.63) is 0 Å². The minimum atomic E-state index is 0.249. The van der Waals surface area contributed by atoms with Crippen LogP contribution in [0.1, 0.15) is 72.1 Å². The summed E-state index contributed by atoms with van der Waals surface area (Å²) in [5, 5.41) is 6.90. The second-order valence-electron chi connectivity index (χ2n) is 7.08. The highest BCUT2D eigenvalue weighted by Gasteiger charge is 2.25. The second kappa shape index (κ2) is 12.2. The first-order valence-corrected chi connectivity index (χ1v) is 9.85. The smallest absolute Gasteiger partial charge is 0.222 e. The molecule has 1 fully saturated rings. The normalized spacial score (nSPS) is 19.4. The number of carbonyl (C=O) groups is 1. The van der Waals surface area contributed by atoms with Crippen molar-refractivity contribution in [1.82, 2.24) is 15.5 Å². The van der Waals surface area contributed by atoms with Crippen molar-refractivity contribution in [3.8, 4) is 0 Å². The van der Waals surface area contributed by atoms with Crippen LogP contribution in [0.5, 0.6) is 0 Å². The summed E-state index contributed by atoms with van der Waals surface area (Å²) >= 11 is 0. The highest BCUT2D eigenvalue weighted by atomic mass is 16.2. The zero-order chi connectivity index (χ0) is 17.8. The van der Waals surface area contributed by atoms with Gasteiger partial charge in [-0.2, -0.15) is 0 Å². The van der Waals surface area contributed by atoms with Gasteiger partial charge in [0.1, 0.15) is 0 Å². The fraction of sp³-hybridized carbons (Fsp3) is 0.895. The Morgan fingerprint density at radius 2 is 2.00 bits per heavy atom. The third-order valence-corrected chi connectivity index (χ3v) is 4.83. The molecule has 0 aromatic heterocycles. The summed E-state index contributed by atoms with van der Waals surface area (Å²) in [7, 11) is 1.81. The van der Waals surface area contributed by atoms with E-state index in [0.29, 0.717) is 18.4 Å². The quantitative estimate of drug-likeness (QED) is 0.365. The monoisotopic (exact) mass is 338 g/mol. The van der Waals surface area contributed by atoms with Gasteiger partial charge >= 0.3 is 0 Å². The fourth-order valence-corrected chi connectivity index (χ4v) is 3.19. The van der Waals surface area contributed by atoms with Gasteiger partial charge in [0, 0.05) is 39.1 Å². The number of aliphatic imine (C=N–C) groups is 1. The Kier molecular flexibility index (Phi) is 10.5. The van der Waals surface area contributed by atoms with Gasteiger partial charge in [0.05, 0.1) is 0 Å². The molecule has 140 valence electrons. The molecule has 1 rings (SSSR count). The molecule has 24 heavy (non-hydrogen) atoms. The summed E-state index contributed by atoms with van der Waals surface area (Å²) in [6.45, 7) is 9.09. The molecular formula is C19H38N4O. The lowest BCUT2D eigenvalue weighted by Gasteiger charge is -2.20. The Morgan fingerprint density at radius 3 is 2.67 bits per heavy atom. The van der Waals surface area contributed by atoms with Gasteiger partial charge in [-0.1, -0.05) is 52.9 Å². The highest BCUT2D eigenvalue weighted by Crippen LogP contribution is 2.12. The minimum absolute atomic E-state index is 0.249. The Labute approximate surface area is 148 Å². The zero-order valence-electron chi connectivity index (χ0n) is 16.2. The number of nitrogens with one attached hydrogen (secondary N) is 2. The van der Waals surface area contributed by atoms with Crippen molar-refractivity contribution in [2.75, 3.05) is 26.7 Å². The molecule has 0 saturated carbocycles. The molecule has 0 aromatic carbocycles. The van der Waals surface area contributed by atoms with E-state index < -0.39 is 0 Å². The van der Waals surface area contributed by atoms with Gasteiger partial charge in [-0.15, -0.1) is 0 Å². The van der Waals surface area contributed by atoms with E-state index in [4.69, 9.17) is 0 Å². The lowest BCUT2D eigenvalue weighted by Crippen LogP contribution is -2.46. The van der Waals surface area contributed by atoms with Crippen LogP contribution in [-0.4, -0.2) is 49.5 Å². The maximum atomic E-state index is 11.7. The van der Waals surface area contributed by atoms with E-state index in [1.54, 1.807) is 0 Å². The lowest BCUT2D eigenvalue weighted by molar-refractivity contribution is -0.129. The SMILES string of the molecule is CCCCCCCC(C)CNC(=NC)NC1CCN(C(=O)CC)C1. The number of amides is 1. The summed E-state index contributed by atoms with van der Waals surface area (Å²) < 4.78 is 0. The fourth-order valence-electron chi connectivity index (χ4n) is 3.19. The Bertz CT molecular complexity index is 384. The van der Waals surface area contributed by atoms with E-state index in [9.17, 15) is 4.79 Å². The molecule has 1 aliphatic heterocycles. The van der Waals surface area contributed by atoms with Crippen molar-refractivity contribution >= 4 is 11.9 Å². The summed E-state index contributed by atoms with van der Waals surface area (Å²) in [6, 6.07) is 0.316. The average Bonchev–Trinajstić information content (AvgIpc) is 3.06. The van der Waals surface area contributed by atoms with Crippen LogP contribution in [0.2, 0.25) is 0 Å². The number of hydrogen-bond donors (Lipinski definition) is 2. The van der Waals surface area contributed by atoms with Crippen molar-refractivity contribution in [1.29, 1.82) is 0 Å². The van der Waals surface area contributed by atoms with Crippen LogP contribution in [0.3, 0.4) is 0 Å². The van der Waals surface area contributed by atoms with Crippen LogP contribution < -0.4 is 10.6 Å². The van der Waals surface area contributed by atoms with E-state index in [1.807, 2.05) is 18.9 Å². The highest BCUT2D eigenvalue weighted by molar-refractivity contribution is 5.80. The molecule has 1 aliphatic rings. The van der Waals surface area contributed by atoms with Gasteiger partial charge in [-0.3, -0.25) is 9.79 Å². The molecule has 2 atom stereocenters. The van der Waals surface area contributed by atoms with Crippen LogP contribution in [0.25, 0.3) is 0 Å². The molecule has 1 heterocycles. The third kappa shape index (κ3) is 8.02. The Morgan fingerprint density at radius 1 is 1.25 bits per heavy atom. The molecule has 1 saturated heterocycles. The largest absolute Gasteiger partial charge is 0.356 e. The molecule has 5 heteroatoms. The van der Waals surface area contributed by atoms with E-state index in [1.165, 1.54) is 38.5 Å². The van der Waals surface area contributed by atoms with Gasteiger partial charge in [0.2, 0.25) is 5.91 Å². The molecular weight excluding hydrogens is 300 g/mol. The maximum Gasteiger partial charge on any atom is 0.222 e. The number of likely N-dealkylation sites (tertiary alicyclic amines) is 1. The van der Waals surface area contributed by atoms with Crippen molar-refractivity contribution in [2.45, 2.75) is 78.2 Å². The first-order valence-electron chi connectivity index (χ1n) is 9.85. The summed E-state index contributed by atoms with van der Waals surface area (Å²) in [4.78, 5) is 18.0.